The second kappa shape index (κ2) is 6.22. The van der Waals surface area contributed by atoms with Crippen LogP contribution in [0.2, 0.25) is 0 Å². The lowest BCUT2D eigenvalue weighted by atomic mass is 9.98. The number of benzene rings is 2. The van der Waals surface area contributed by atoms with E-state index in [-0.39, 0.29) is 6.04 Å². The van der Waals surface area contributed by atoms with Crippen LogP contribution in [-0.4, -0.2) is 7.11 Å². The molecule has 2 rings (SSSR count). The molecule has 0 saturated carbocycles. The molecule has 19 heavy (non-hydrogen) atoms. The minimum atomic E-state index is -0.117. The maximum atomic E-state index is 6.31. The van der Waals surface area contributed by atoms with E-state index in [2.05, 4.69) is 47.1 Å². The van der Waals surface area contributed by atoms with Gasteiger partial charge in [-0.2, -0.15) is 0 Å². The molecule has 2 aromatic carbocycles. The van der Waals surface area contributed by atoms with Crippen molar-refractivity contribution in [3.63, 3.8) is 0 Å². The fraction of sp³-hybridized carbons (Fsp3) is 0.250. The minimum absolute atomic E-state index is 0.117. The van der Waals surface area contributed by atoms with Gasteiger partial charge in [-0.3, -0.25) is 0 Å². The summed E-state index contributed by atoms with van der Waals surface area (Å²) in [6, 6.07) is 14.3. The quantitative estimate of drug-likeness (QED) is 0.922. The van der Waals surface area contributed by atoms with Crippen LogP contribution >= 0.6 is 15.9 Å². The van der Waals surface area contributed by atoms with Crippen LogP contribution < -0.4 is 10.5 Å². The molecule has 100 valence electrons. The molecule has 0 aliphatic rings. The van der Waals surface area contributed by atoms with Gasteiger partial charge < -0.3 is 10.5 Å². The van der Waals surface area contributed by atoms with E-state index in [0.29, 0.717) is 0 Å². The predicted molar refractivity (Wildman–Crippen MR) is 82.5 cm³/mol. The van der Waals surface area contributed by atoms with Crippen LogP contribution in [-0.2, 0) is 6.42 Å². The van der Waals surface area contributed by atoms with E-state index in [9.17, 15) is 0 Å². The number of ether oxygens (including phenoxy) is 1. The van der Waals surface area contributed by atoms with Gasteiger partial charge in [0.15, 0.2) is 0 Å². The molecule has 1 unspecified atom stereocenters. The summed E-state index contributed by atoms with van der Waals surface area (Å²) in [4.78, 5) is 0. The van der Waals surface area contributed by atoms with Crippen molar-refractivity contribution in [3.8, 4) is 5.75 Å². The molecule has 2 nitrogen and oxygen atoms in total. The van der Waals surface area contributed by atoms with Crippen molar-refractivity contribution in [2.45, 2.75) is 19.4 Å². The zero-order valence-corrected chi connectivity index (χ0v) is 12.8. The van der Waals surface area contributed by atoms with E-state index in [4.69, 9.17) is 10.5 Å². The van der Waals surface area contributed by atoms with Crippen LogP contribution in [0.1, 0.15) is 29.7 Å². The molecule has 3 heteroatoms. The van der Waals surface area contributed by atoms with Crippen molar-refractivity contribution < 1.29 is 4.74 Å². The Kier molecular flexibility index (Phi) is 4.61. The third kappa shape index (κ3) is 3.17. The highest BCUT2D eigenvalue weighted by molar-refractivity contribution is 9.10. The summed E-state index contributed by atoms with van der Waals surface area (Å²) in [6.07, 6.45) is 1.05. The topological polar surface area (TPSA) is 35.2 Å². The van der Waals surface area contributed by atoms with E-state index in [1.54, 1.807) is 7.11 Å². The van der Waals surface area contributed by atoms with E-state index >= 15 is 0 Å². The van der Waals surface area contributed by atoms with E-state index in [1.807, 2.05) is 18.2 Å². The van der Waals surface area contributed by atoms with Crippen molar-refractivity contribution >= 4 is 15.9 Å². The number of aryl methyl sites for hydroxylation is 1. The molecule has 0 aromatic heterocycles. The Morgan fingerprint density at radius 3 is 2.26 bits per heavy atom. The summed E-state index contributed by atoms with van der Waals surface area (Å²) in [5, 5.41) is 0. The van der Waals surface area contributed by atoms with Gasteiger partial charge in [0, 0.05) is 0 Å². The molecule has 0 saturated heterocycles. The second-order valence-corrected chi connectivity index (χ2v) is 5.32. The predicted octanol–water partition coefficient (Wildman–Crippen LogP) is 4.07. The number of halogens is 1. The van der Waals surface area contributed by atoms with Crippen LogP contribution in [0.4, 0.5) is 0 Å². The normalized spacial score (nSPS) is 12.2. The first kappa shape index (κ1) is 14.1. The largest absolute Gasteiger partial charge is 0.496 e. The van der Waals surface area contributed by atoms with Crippen molar-refractivity contribution in [1.29, 1.82) is 0 Å². The number of hydrogen-bond acceptors (Lipinski definition) is 2. The SMILES string of the molecule is CCc1ccc(C(N)c2ccc(OC)c(Br)c2)cc1. The molecule has 0 heterocycles. The van der Waals surface area contributed by atoms with Gasteiger partial charge in [-0.15, -0.1) is 0 Å². The Bertz CT molecular complexity index is 551. The average Bonchev–Trinajstić information content (AvgIpc) is 2.46. The fourth-order valence-electron chi connectivity index (χ4n) is 2.03. The number of nitrogens with two attached hydrogens (primary N) is 1. The van der Waals surface area contributed by atoms with Gasteiger partial charge in [0.1, 0.15) is 5.75 Å². The zero-order chi connectivity index (χ0) is 13.8. The first-order chi connectivity index (χ1) is 9.15. The molecule has 0 fully saturated rings. The molecule has 0 aliphatic heterocycles. The number of hydrogen-bond donors (Lipinski definition) is 1. The summed E-state index contributed by atoms with van der Waals surface area (Å²) in [7, 11) is 1.66. The lowest BCUT2D eigenvalue weighted by molar-refractivity contribution is 0.412. The van der Waals surface area contributed by atoms with Gasteiger partial charge in [0.05, 0.1) is 17.6 Å². The van der Waals surface area contributed by atoms with Gasteiger partial charge in [-0.05, 0) is 51.2 Å². The summed E-state index contributed by atoms with van der Waals surface area (Å²) in [5.74, 6) is 0.817. The highest BCUT2D eigenvalue weighted by Gasteiger charge is 2.11. The van der Waals surface area contributed by atoms with Crippen molar-refractivity contribution in [1.82, 2.24) is 0 Å². The Labute approximate surface area is 122 Å². The Hall–Kier alpha value is -1.32. The molecule has 0 amide bonds. The monoisotopic (exact) mass is 319 g/mol. The summed E-state index contributed by atoms with van der Waals surface area (Å²) < 4.78 is 6.15. The fourth-order valence-corrected chi connectivity index (χ4v) is 2.59. The lowest BCUT2D eigenvalue weighted by Crippen LogP contribution is -2.11. The molecule has 0 radical (unpaired) electrons. The number of rotatable bonds is 4. The summed E-state index contributed by atoms with van der Waals surface area (Å²) in [6.45, 7) is 2.15. The van der Waals surface area contributed by atoms with Crippen LogP contribution in [0.15, 0.2) is 46.9 Å². The smallest absolute Gasteiger partial charge is 0.133 e. The second-order valence-electron chi connectivity index (χ2n) is 4.47. The van der Waals surface area contributed by atoms with Gasteiger partial charge in [0.2, 0.25) is 0 Å². The molecule has 0 aliphatic carbocycles. The maximum Gasteiger partial charge on any atom is 0.133 e. The first-order valence-corrected chi connectivity index (χ1v) is 7.13. The lowest BCUT2D eigenvalue weighted by Gasteiger charge is -2.14. The van der Waals surface area contributed by atoms with Gasteiger partial charge in [-0.1, -0.05) is 37.3 Å². The van der Waals surface area contributed by atoms with Crippen LogP contribution in [0.25, 0.3) is 0 Å². The Morgan fingerprint density at radius 2 is 1.74 bits per heavy atom. The number of methoxy groups -OCH3 is 1. The van der Waals surface area contributed by atoms with Gasteiger partial charge in [0.25, 0.3) is 0 Å². The standard InChI is InChI=1S/C16H18BrNO/c1-3-11-4-6-12(7-5-11)16(18)13-8-9-15(19-2)14(17)10-13/h4-10,16H,3,18H2,1-2H3. The molecular formula is C16H18BrNO. The van der Waals surface area contributed by atoms with Crippen LogP contribution in [0, 0.1) is 0 Å². The maximum absolute atomic E-state index is 6.31. The molecule has 0 bridgehead atoms. The van der Waals surface area contributed by atoms with Gasteiger partial charge in [-0.25, -0.2) is 0 Å². The molecule has 2 N–H and O–H groups in total. The van der Waals surface area contributed by atoms with E-state index < -0.39 is 0 Å². The molecule has 1 atom stereocenters. The summed E-state index contributed by atoms with van der Waals surface area (Å²) >= 11 is 3.49. The highest BCUT2D eigenvalue weighted by Crippen LogP contribution is 2.29. The third-order valence-corrected chi connectivity index (χ3v) is 3.90. The zero-order valence-electron chi connectivity index (χ0n) is 11.2. The first-order valence-electron chi connectivity index (χ1n) is 6.33. The van der Waals surface area contributed by atoms with Crippen LogP contribution in [0.3, 0.4) is 0 Å². The minimum Gasteiger partial charge on any atom is -0.496 e. The Balaban J connectivity index is 2.27. The third-order valence-electron chi connectivity index (χ3n) is 3.28. The molecule has 2 aromatic rings. The van der Waals surface area contributed by atoms with Gasteiger partial charge >= 0.3 is 0 Å². The highest BCUT2D eigenvalue weighted by atomic mass is 79.9. The van der Waals surface area contributed by atoms with E-state index in [1.165, 1.54) is 5.56 Å². The molecular weight excluding hydrogens is 302 g/mol. The van der Waals surface area contributed by atoms with Crippen molar-refractivity contribution in [3.05, 3.63) is 63.6 Å². The summed E-state index contributed by atoms with van der Waals surface area (Å²) in [5.41, 5.74) is 9.82. The van der Waals surface area contributed by atoms with Crippen molar-refractivity contribution in [2.75, 3.05) is 7.11 Å². The molecule has 0 spiro atoms. The van der Waals surface area contributed by atoms with E-state index in [0.717, 1.165) is 27.8 Å². The van der Waals surface area contributed by atoms with Crippen molar-refractivity contribution in [2.24, 2.45) is 5.73 Å². The van der Waals surface area contributed by atoms with Crippen LogP contribution in [0.5, 0.6) is 5.75 Å². The average molecular weight is 320 g/mol. The Morgan fingerprint density at radius 1 is 1.11 bits per heavy atom.